The van der Waals surface area contributed by atoms with Gasteiger partial charge in [-0.05, 0) is 31.7 Å². The van der Waals surface area contributed by atoms with Crippen LogP contribution in [0.2, 0.25) is 0 Å². The molecule has 0 saturated heterocycles. The summed E-state index contributed by atoms with van der Waals surface area (Å²) in [5, 5.41) is 2.92. The van der Waals surface area contributed by atoms with E-state index in [2.05, 4.69) is 10.1 Å². The van der Waals surface area contributed by atoms with Crippen LogP contribution in [0.25, 0.3) is 0 Å². The summed E-state index contributed by atoms with van der Waals surface area (Å²) in [7, 11) is 6.05. The van der Waals surface area contributed by atoms with E-state index in [9.17, 15) is 9.59 Å². The largest absolute Gasteiger partial charge is 0.493 e. The van der Waals surface area contributed by atoms with Crippen molar-refractivity contribution in [1.82, 2.24) is 5.32 Å². The van der Waals surface area contributed by atoms with Crippen molar-refractivity contribution in [2.24, 2.45) is 0 Å². The summed E-state index contributed by atoms with van der Waals surface area (Å²) in [5.74, 6) is 0.605. The first kappa shape index (κ1) is 17.0. The smallest absolute Gasteiger partial charge is 0.305 e. The molecule has 1 rings (SSSR count). The van der Waals surface area contributed by atoms with E-state index >= 15 is 0 Å². The molecule has 1 atom stereocenters. The van der Waals surface area contributed by atoms with E-state index in [1.165, 1.54) is 21.3 Å². The normalized spacial score (nSPS) is 11.6. The van der Waals surface area contributed by atoms with Crippen LogP contribution in [0.4, 0.5) is 0 Å². The van der Waals surface area contributed by atoms with Crippen LogP contribution in [0.1, 0.15) is 23.2 Å². The number of carbonyl (C=O) groups is 2. The fraction of sp³-hybridized carbons (Fsp3) is 0.467. The number of carbonyl (C=O) groups excluding carboxylic acids is 2. The molecule has 1 aromatic rings. The Labute approximate surface area is 124 Å². The monoisotopic (exact) mass is 295 g/mol. The molecule has 0 aliphatic heterocycles. The molecule has 6 nitrogen and oxygen atoms in total. The fourth-order valence-electron chi connectivity index (χ4n) is 1.96. The van der Waals surface area contributed by atoms with Crippen molar-refractivity contribution in [2.45, 2.75) is 18.9 Å². The Hall–Kier alpha value is -2.08. The van der Waals surface area contributed by atoms with Gasteiger partial charge in [-0.1, -0.05) is 0 Å². The number of benzene rings is 1. The first-order valence-electron chi connectivity index (χ1n) is 6.57. The Morgan fingerprint density at radius 3 is 2.33 bits per heavy atom. The first-order valence-corrected chi connectivity index (χ1v) is 6.57. The molecule has 0 heterocycles. The lowest BCUT2D eigenvalue weighted by Crippen LogP contribution is -2.34. The Bertz CT molecular complexity index is 501. The van der Waals surface area contributed by atoms with Gasteiger partial charge in [0.2, 0.25) is 0 Å². The van der Waals surface area contributed by atoms with Crippen LogP contribution in [-0.2, 0) is 9.53 Å². The van der Waals surface area contributed by atoms with Gasteiger partial charge in [0.1, 0.15) is 0 Å². The number of hydrogen-bond donors (Lipinski definition) is 1. The standard InChI is InChI=1S/C15H21NO5/c1-16-11(6-8-14(17)21-4)15(18)10-5-7-12(19-2)13(9-10)20-3/h5,7,9,11,16H,6,8H2,1-4H3. The van der Waals surface area contributed by atoms with Crippen molar-refractivity contribution in [2.75, 3.05) is 28.4 Å². The van der Waals surface area contributed by atoms with E-state index in [1.807, 2.05) is 0 Å². The number of esters is 1. The number of Topliss-reactive ketones (excluding diaryl/α,β-unsaturated/α-hetero) is 1. The number of rotatable bonds is 8. The number of ketones is 1. The predicted octanol–water partition coefficient (Wildman–Crippen LogP) is 1.43. The Kier molecular flexibility index (Phi) is 6.68. The molecule has 0 aromatic heterocycles. The molecule has 1 unspecified atom stereocenters. The minimum atomic E-state index is -0.456. The number of ether oxygens (including phenoxy) is 3. The molecule has 116 valence electrons. The second-order valence-corrected chi connectivity index (χ2v) is 4.39. The molecule has 0 fully saturated rings. The van der Waals surface area contributed by atoms with Crippen molar-refractivity contribution in [1.29, 1.82) is 0 Å². The van der Waals surface area contributed by atoms with E-state index in [4.69, 9.17) is 9.47 Å². The van der Waals surface area contributed by atoms with E-state index in [1.54, 1.807) is 25.2 Å². The van der Waals surface area contributed by atoms with Crippen LogP contribution in [0.3, 0.4) is 0 Å². The number of likely N-dealkylation sites (N-methyl/N-ethyl adjacent to an activating group) is 1. The molecule has 21 heavy (non-hydrogen) atoms. The summed E-state index contributed by atoms with van der Waals surface area (Å²) >= 11 is 0. The molecule has 0 aliphatic rings. The highest BCUT2D eigenvalue weighted by molar-refractivity contribution is 6.00. The molecule has 0 aliphatic carbocycles. The van der Waals surface area contributed by atoms with Gasteiger partial charge in [0.15, 0.2) is 17.3 Å². The quantitative estimate of drug-likeness (QED) is 0.577. The van der Waals surface area contributed by atoms with Crippen LogP contribution in [0.15, 0.2) is 18.2 Å². The first-order chi connectivity index (χ1) is 10.1. The lowest BCUT2D eigenvalue weighted by Gasteiger charge is -2.15. The molecule has 1 aromatic carbocycles. The van der Waals surface area contributed by atoms with Gasteiger partial charge in [0.05, 0.1) is 27.4 Å². The third-order valence-electron chi connectivity index (χ3n) is 3.20. The van der Waals surface area contributed by atoms with Crippen LogP contribution in [-0.4, -0.2) is 46.2 Å². The van der Waals surface area contributed by atoms with Crippen LogP contribution in [0.5, 0.6) is 11.5 Å². The lowest BCUT2D eigenvalue weighted by atomic mass is 10.00. The summed E-state index contributed by atoms with van der Waals surface area (Å²) in [4.78, 5) is 23.6. The Morgan fingerprint density at radius 1 is 1.14 bits per heavy atom. The molecule has 0 bridgehead atoms. The molecule has 0 spiro atoms. The van der Waals surface area contributed by atoms with Crippen molar-refractivity contribution < 1.29 is 23.8 Å². The summed E-state index contributed by atoms with van der Waals surface area (Å²) < 4.78 is 14.9. The van der Waals surface area contributed by atoms with Gasteiger partial charge in [-0.15, -0.1) is 0 Å². The zero-order valence-electron chi connectivity index (χ0n) is 12.8. The second kappa shape index (κ2) is 8.26. The zero-order valence-corrected chi connectivity index (χ0v) is 12.8. The summed E-state index contributed by atoms with van der Waals surface area (Å²) in [6, 6.07) is 4.52. The topological polar surface area (TPSA) is 73.9 Å². The maximum absolute atomic E-state index is 12.4. The highest BCUT2D eigenvalue weighted by atomic mass is 16.5. The molecular formula is C15H21NO5. The molecule has 0 saturated carbocycles. The van der Waals surface area contributed by atoms with Crippen molar-refractivity contribution >= 4 is 11.8 Å². The average molecular weight is 295 g/mol. The molecule has 0 radical (unpaired) electrons. The molecule has 1 N–H and O–H groups in total. The number of nitrogens with one attached hydrogen (secondary N) is 1. The summed E-state index contributed by atoms with van der Waals surface area (Å²) in [6.07, 6.45) is 0.553. The van der Waals surface area contributed by atoms with Gasteiger partial charge in [-0.3, -0.25) is 9.59 Å². The van der Waals surface area contributed by atoms with Gasteiger partial charge >= 0.3 is 5.97 Å². The highest BCUT2D eigenvalue weighted by Crippen LogP contribution is 2.28. The van der Waals surface area contributed by atoms with E-state index < -0.39 is 6.04 Å². The van der Waals surface area contributed by atoms with Gasteiger partial charge < -0.3 is 19.5 Å². The van der Waals surface area contributed by atoms with E-state index in [0.29, 0.717) is 23.5 Å². The number of methoxy groups -OCH3 is 3. The summed E-state index contributed by atoms with van der Waals surface area (Å²) in [5.41, 5.74) is 0.497. The minimum absolute atomic E-state index is 0.109. The van der Waals surface area contributed by atoms with Gasteiger partial charge in [-0.2, -0.15) is 0 Å². The van der Waals surface area contributed by atoms with Crippen molar-refractivity contribution in [3.8, 4) is 11.5 Å². The molecule has 6 heteroatoms. The maximum atomic E-state index is 12.4. The van der Waals surface area contributed by atoms with E-state index in [-0.39, 0.29) is 18.2 Å². The fourth-order valence-corrected chi connectivity index (χ4v) is 1.96. The second-order valence-electron chi connectivity index (χ2n) is 4.39. The van der Waals surface area contributed by atoms with Crippen LogP contribution < -0.4 is 14.8 Å². The molecular weight excluding hydrogens is 274 g/mol. The third kappa shape index (κ3) is 4.46. The Balaban J connectivity index is 2.87. The third-order valence-corrected chi connectivity index (χ3v) is 3.20. The highest BCUT2D eigenvalue weighted by Gasteiger charge is 2.21. The van der Waals surface area contributed by atoms with Crippen LogP contribution in [0, 0.1) is 0 Å². The summed E-state index contributed by atoms with van der Waals surface area (Å²) in [6.45, 7) is 0. The lowest BCUT2D eigenvalue weighted by molar-refractivity contribution is -0.140. The number of hydrogen-bond acceptors (Lipinski definition) is 6. The van der Waals surface area contributed by atoms with Gasteiger partial charge in [0.25, 0.3) is 0 Å². The Morgan fingerprint density at radius 2 is 1.81 bits per heavy atom. The maximum Gasteiger partial charge on any atom is 0.305 e. The van der Waals surface area contributed by atoms with E-state index in [0.717, 1.165) is 0 Å². The minimum Gasteiger partial charge on any atom is -0.493 e. The zero-order chi connectivity index (χ0) is 15.8. The SMILES string of the molecule is CNC(CCC(=O)OC)C(=O)c1ccc(OC)c(OC)c1. The predicted molar refractivity (Wildman–Crippen MR) is 78.0 cm³/mol. The van der Waals surface area contributed by atoms with Crippen LogP contribution >= 0.6 is 0 Å². The van der Waals surface area contributed by atoms with Gasteiger partial charge in [-0.25, -0.2) is 0 Å². The van der Waals surface area contributed by atoms with Gasteiger partial charge in [0, 0.05) is 12.0 Å². The average Bonchev–Trinajstić information content (AvgIpc) is 2.53. The molecule has 0 amide bonds. The van der Waals surface area contributed by atoms with Crippen molar-refractivity contribution in [3.05, 3.63) is 23.8 Å². The van der Waals surface area contributed by atoms with Crippen molar-refractivity contribution in [3.63, 3.8) is 0 Å².